The highest BCUT2D eigenvalue weighted by molar-refractivity contribution is 7.98. The van der Waals surface area contributed by atoms with E-state index in [0.29, 0.717) is 23.7 Å². The maximum Gasteiger partial charge on any atom is 0.247 e. The first-order chi connectivity index (χ1) is 12.7. The SMILES string of the molecule is C1CCCCCCC1.CC.CSCCOc1nc(N)nc2c1ncn2C. The molecule has 2 aromatic heterocycles. The summed E-state index contributed by atoms with van der Waals surface area (Å²) in [6.07, 6.45) is 15.7. The maximum absolute atomic E-state index is 5.61. The summed E-state index contributed by atoms with van der Waals surface area (Å²) >= 11 is 1.71. The molecular weight excluding hydrogens is 346 g/mol. The summed E-state index contributed by atoms with van der Waals surface area (Å²) < 4.78 is 7.31. The van der Waals surface area contributed by atoms with Crippen LogP contribution in [0.15, 0.2) is 6.33 Å². The van der Waals surface area contributed by atoms with Crippen LogP contribution >= 0.6 is 11.8 Å². The second kappa shape index (κ2) is 13.7. The van der Waals surface area contributed by atoms with E-state index in [-0.39, 0.29) is 5.95 Å². The Morgan fingerprint density at radius 3 is 2.08 bits per heavy atom. The van der Waals surface area contributed by atoms with Crippen molar-refractivity contribution in [3.05, 3.63) is 6.33 Å². The lowest BCUT2D eigenvalue weighted by molar-refractivity contribution is 0.334. The van der Waals surface area contributed by atoms with E-state index < -0.39 is 0 Å². The minimum atomic E-state index is 0.204. The van der Waals surface area contributed by atoms with Crippen LogP contribution in [0.25, 0.3) is 11.2 Å². The van der Waals surface area contributed by atoms with E-state index in [1.165, 1.54) is 51.4 Å². The Kier molecular flexibility index (Phi) is 11.9. The number of fused-ring (bicyclic) bond motifs is 1. The van der Waals surface area contributed by atoms with Gasteiger partial charge in [0.05, 0.1) is 12.9 Å². The van der Waals surface area contributed by atoms with Crippen LogP contribution < -0.4 is 10.5 Å². The molecule has 2 heterocycles. The molecular formula is C19H35N5OS. The Morgan fingerprint density at radius 2 is 1.58 bits per heavy atom. The molecule has 0 radical (unpaired) electrons. The molecule has 0 unspecified atom stereocenters. The van der Waals surface area contributed by atoms with Gasteiger partial charge in [-0.1, -0.05) is 65.2 Å². The minimum Gasteiger partial charge on any atom is -0.475 e. The van der Waals surface area contributed by atoms with E-state index in [2.05, 4.69) is 15.0 Å². The van der Waals surface area contributed by atoms with Gasteiger partial charge in [-0.05, 0) is 6.26 Å². The smallest absolute Gasteiger partial charge is 0.247 e. The summed E-state index contributed by atoms with van der Waals surface area (Å²) in [7, 11) is 1.85. The molecule has 0 bridgehead atoms. The van der Waals surface area contributed by atoms with Gasteiger partial charge in [0, 0.05) is 12.8 Å². The van der Waals surface area contributed by atoms with Gasteiger partial charge in [0.25, 0.3) is 0 Å². The molecule has 0 aromatic carbocycles. The van der Waals surface area contributed by atoms with Crippen LogP contribution in [0.2, 0.25) is 0 Å². The van der Waals surface area contributed by atoms with Crippen LogP contribution in [-0.2, 0) is 7.05 Å². The van der Waals surface area contributed by atoms with E-state index in [1.54, 1.807) is 22.7 Å². The summed E-state index contributed by atoms with van der Waals surface area (Å²) in [5.41, 5.74) is 6.95. The van der Waals surface area contributed by atoms with Crippen molar-refractivity contribution < 1.29 is 4.74 Å². The number of hydrogen-bond acceptors (Lipinski definition) is 6. The summed E-state index contributed by atoms with van der Waals surface area (Å²) in [5.74, 6) is 1.56. The second-order valence-electron chi connectivity index (χ2n) is 6.08. The number of nitrogens with two attached hydrogens (primary N) is 1. The molecule has 0 spiro atoms. The van der Waals surface area contributed by atoms with Gasteiger partial charge in [0.2, 0.25) is 11.8 Å². The minimum absolute atomic E-state index is 0.204. The Morgan fingerprint density at radius 1 is 1.04 bits per heavy atom. The van der Waals surface area contributed by atoms with E-state index >= 15 is 0 Å². The van der Waals surface area contributed by atoms with Gasteiger partial charge in [-0.3, -0.25) is 0 Å². The van der Waals surface area contributed by atoms with E-state index in [9.17, 15) is 0 Å². The zero-order valence-electron chi connectivity index (χ0n) is 16.8. The number of imidazole rings is 1. The molecule has 0 atom stereocenters. The largest absolute Gasteiger partial charge is 0.475 e. The average molecular weight is 382 g/mol. The van der Waals surface area contributed by atoms with Crippen molar-refractivity contribution in [2.75, 3.05) is 24.3 Å². The summed E-state index contributed by atoms with van der Waals surface area (Å²) in [6, 6.07) is 0. The molecule has 0 saturated heterocycles. The highest BCUT2D eigenvalue weighted by Gasteiger charge is 2.11. The third-order valence-corrected chi connectivity index (χ3v) is 4.65. The van der Waals surface area contributed by atoms with Gasteiger partial charge in [-0.15, -0.1) is 0 Å². The molecule has 1 aliphatic rings. The van der Waals surface area contributed by atoms with Gasteiger partial charge in [-0.2, -0.15) is 21.7 Å². The van der Waals surface area contributed by atoms with Crippen molar-refractivity contribution in [3.8, 4) is 5.88 Å². The molecule has 3 rings (SSSR count). The summed E-state index contributed by atoms with van der Waals surface area (Å²) in [4.78, 5) is 12.3. The molecule has 1 aliphatic carbocycles. The zero-order chi connectivity index (χ0) is 19.2. The number of ether oxygens (including phenoxy) is 1. The van der Waals surface area contributed by atoms with Crippen molar-refractivity contribution in [3.63, 3.8) is 0 Å². The van der Waals surface area contributed by atoms with Crippen LogP contribution in [0.4, 0.5) is 5.95 Å². The zero-order valence-corrected chi connectivity index (χ0v) is 17.6. The summed E-state index contributed by atoms with van der Waals surface area (Å²) in [5, 5.41) is 0. The molecule has 2 N–H and O–H groups in total. The van der Waals surface area contributed by atoms with E-state index in [1.807, 2.05) is 27.2 Å². The first kappa shape index (κ1) is 22.5. The second-order valence-corrected chi connectivity index (χ2v) is 7.07. The van der Waals surface area contributed by atoms with Crippen LogP contribution in [-0.4, -0.2) is 38.1 Å². The lowest BCUT2D eigenvalue weighted by atomic mass is 10.0. The first-order valence-electron chi connectivity index (χ1n) is 9.78. The fraction of sp³-hybridized carbons (Fsp3) is 0.737. The predicted molar refractivity (Wildman–Crippen MR) is 113 cm³/mol. The average Bonchev–Trinajstić information content (AvgIpc) is 2.98. The van der Waals surface area contributed by atoms with E-state index in [4.69, 9.17) is 10.5 Å². The van der Waals surface area contributed by atoms with Crippen molar-refractivity contribution in [1.82, 2.24) is 19.5 Å². The van der Waals surface area contributed by atoms with Crippen LogP contribution in [0, 0.1) is 0 Å². The fourth-order valence-electron chi connectivity index (χ4n) is 2.73. The number of anilines is 1. The van der Waals surface area contributed by atoms with Gasteiger partial charge in [0.1, 0.15) is 0 Å². The van der Waals surface area contributed by atoms with Gasteiger partial charge >= 0.3 is 0 Å². The Bertz CT molecular complexity index is 593. The molecule has 2 aromatic rings. The fourth-order valence-corrected chi connectivity index (χ4v) is 2.98. The number of thioether (sulfide) groups is 1. The summed E-state index contributed by atoms with van der Waals surface area (Å²) in [6.45, 7) is 4.59. The van der Waals surface area contributed by atoms with Gasteiger partial charge in [-0.25, -0.2) is 4.98 Å². The van der Waals surface area contributed by atoms with Gasteiger partial charge < -0.3 is 15.0 Å². The number of rotatable bonds is 4. The van der Waals surface area contributed by atoms with Crippen molar-refractivity contribution >= 4 is 28.9 Å². The maximum atomic E-state index is 5.61. The molecule has 7 heteroatoms. The highest BCUT2D eigenvalue weighted by atomic mass is 32.2. The monoisotopic (exact) mass is 381 g/mol. The molecule has 26 heavy (non-hydrogen) atoms. The number of aromatic nitrogens is 4. The van der Waals surface area contributed by atoms with E-state index in [0.717, 1.165) is 5.75 Å². The van der Waals surface area contributed by atoms with Crippen LogP contribution in [0.3, 0.4) is 0 Å². The lowest BCUT2D eigenvalue weighted by Gasteiger charge is -2.05. The van der Waals surface area contributed by atoms with Crippen molar-refractivity contribution in [1.29, 1.82) is 0 Å². The molecule has 6 nitrogen and oxygen atoms in total. The number of hydrogen-bond donors (Lipinski definition) is 1. The van der Waals surface area contributed by atoms with Crippen molar-refractivity contribution in [2.45, 2.75) is 65.2 Å². The number of nitrogens with zero attached hydrogens (tertiary/aromatic N) is 4. The van der Waals surface area contributed by atoms with Crippen molar-refractivity contribution in [2.24, 2.45) is 7.05 Å². The lowest BCUT2D eigenvalue weighted by Crippen LogP contribution is -2.05. The third-order valence-electron chi connectivity index (χ3n) is 4.07. The standard InChI is InChI=1S/C9H13N5OS.C8H16.C2H6/c1-14-5-11-6-7(14)12-9(10)13-8(6)15-3-4-16-2;1-2-4-6-8-7-5-3-1;1-2/h5H,3-4H2,1-2H3,(H2,10,12,13);1-8H2;1-2H3. The quantitative estimate of drug-likeness (QED) is 0.764. The first-order valence-corrected chi connectivity index (χ1v) is 11.2. The number of nitrogen functional groups attached to an aromatic ring is 1. The molecule has 0 amide bonds. The van der Waals surface area contributed by atoms with Crippen LogP contribution in [0.5, 0.6) is 5.88 Å². The normalized spacial score (nSPS) is 14.3. The molecule has 1 fully saturated rings. The highest BCUT2D eigenvalue weighted by Crippen LogP contribution is 2.21. The molecule has 0 aliphatic heterocycles. The molecule has 148 valence electrons. The topological polar surface area (TPSA) is 78.8 Å². The predicted octanol–water partition coefficient (Wildman–Crippen LogP) is 4.83. The third kappa shape index (κ3) is 7.81. The van der Waals surface area contributed by atoms with Crippen LogP contribution in [0.1, 0.15) is 65.2 Å². The van der Waals surface area contributed by atoms with Gasteiger partial charge in [0.15, 0.2) is 11.2 Å². The molecule has 1 saturated carbocycles. The number of aryl methyl sites for hydroxylation is 1. The Labute approximate surface area is 162 Å². The Hall–Kier alpha value is -1.50. The Balaban J connectivity index is 0.000000284.